The fraction of sp³-hybridized carbons (Fsp3) is 0.571. The molecule has 0 bridgehead atoms. The average Bonchev–Trinajstić information content (AvgIpc) is 2.97. The molecule has 7 nitrogen and oxygen atoms in total. The maximum atomic E-state index is 12.2. The van der Waals surface area contributed by atoms with E-state index in [1.165, 1.54) is 28.2 Å². The number of aromatic nitrogens is 2. The number of thioether (sulfide) groups is 1. The molecule has 2 aliphatic heterocycles. The standard InChI is InChI=1S/C14H17N3O4S2/c1-6-10-9(7(2)18)13(19)17(10)11(14(20)21)12(6)22-5-8-4-15-16(3)23-8/h4,6-7,9-10,18H,5H2,1-3H3/t6-,7-,9-,10+/m1/s1. The number of aliphatic carboxylic acids is 1. The highest BCUT2D eigenvalue weighted by molar-refractivity contribution is 8.02. The number of carbonyl (C=O) groups excluding carboxylic acids is 2. The van der Waals surface area contributed by atoms with Crippen molar-refractivity contribution in [2.75, 3.05) is 0 Å². The van der Waals surface area contributed by atoms with E-state index in [1.54, 1.807) is 17.2 Å². The fourth-order valence-corrected chi connectivity index (χ4v) is 5.29. The number of hydrogen-bond donors (Lipinski definition) is 1. The second kappa shape index (κ2) is 5.88. The first-order valence-corrected chi connectivity index (χ1v) is 8.99. The third kappa shape index (κ3) is 2.56. The van der Waals surface area contributed by atoms with E-state index in [1.807, 2.05) is 14.0 Å². The lowest BCUT2D eigenvalue weighted by atomic mass is 9.79. The van der Waals surface area contributed by atoms with Gasteiger partial charge in [0.05, 0.1) is 29.7 Å². The van der Waals surface area contributed by atoms with Crippen molar-refractivity contribution in [1.29, 1.82) is 0 Å². The van der Waals surface area contributed by atoms with Gasteiger partial charge in [0.15, 0.2) is 18.6 Å². The average molecular weight is 355 g/mol. The molecule has 9 heteroatoms. The van der Waals surface area contributed by atoms with Crippen molar-refractivity contribution in [2.45, 2.75) is 31.7 Å². The molecule has 0 aromatic carbocycles. The number of hydrogen-bond acceptors (Lipinski definition) is 7. The summed E-state index contributed by atoms with van der Waals surface area (Å²) in [6.07, 6.45) is 0.953. The smallest absolute Gasteiger partial charge is 0.235 e. The highest BCUT2D eigenvalue weighted by Crippen LogP contribution is 2.50. The van der Waals surface area contributed by atoms with Crippen LogP contribution in [0.25, 0.3) is 0 Å². The van der Waals surface area contributed by atoms with Gasteiger partial charge < -0.3 is 19.9 Å². The highest BCUT2D eigenvalue weighted by Gasteiger charge is 2.58. The normalized spacial score (nSPS) is 27.9. The van der Waals surface area contributed by atoms with Crippen molar-refractivity contribution in [1.82, 2.24) is 10.00 Å². The van der Waals surface area contributed by atoms with Crippen molar-refractivity contribution in [3.63, 3.8) is 0 Å². The van der Waals surface area contributed by atoms with Crippen molar-refractivity contribution >= 4 is 35.2 Å². The van der Waals surface area contributed by atoms with Gasteiger partial charge in [-0.1, -0.05) is 6.92 Å². The monoisotopic (exact) mass is 355 g/mol. The number of carboxylic acids is 1. The molecule has 0 aliphatic carbocycles. The van der Waals surface area contributed by atoms with Crippen molar-refractivity contribution < 1.29 is 23.9 Å². The lowest BCUT2D eigenvalue weighted by molar-refractivity contribution is -0.663. The van der Waals surface area contributed by atoms with E-state index in [0.717, 1.165) is 4.88 Å². The molecule has 0 spiro atoms. The summed E-state index contributed by atoms with van der Waals surface area (Å²) in [6.45, 7) is 3.46. The summed E-state index contributed by atoms with van der Waals surface area (Å²) in [5.74, 6) is -1.77. The molecule has 1 N–H and O–H groups in total. The number of fused-ring (bicyclic) bond motifs is 1. The summed E-state index contributed by atoms with van der Waals surface area (Å²) < 4.78 is 1.72. The third-order valence-electron chi connectivity index (χ3n) is 4.29. The van der Waals surface area contributed by atoms with Gasteiger partial charge in [0.1, 0.15) is 11.1 Å². The Kier molecular flexibility index (Phi) is 4.19. The Morgan fingerprint density at radius 1 is 1.65 bits per heavy atom. The van der Waals surface area contributed by atoms with Crippen LogP contribution in [-0.4, -0.2) is 39.1 Å². The van der Waals surface area contributed by atoms with Gasteiger partial charge in [0.25, 0.3) is 0 Å². The Bertz CT molecular complexity index is 700. The number of aryl methyl sites for hydroxylation is 1. The van der Waals surface area contributed by atoms with Crippen LogP contribution >= 0.6 is 23.3 Å². The third-order valence-corrected chi connectivity index (χ3v) is 6.64. The predicted octanol–water partition coefficient (Wildman–Crippen LogP) is -0.980. The van der Waals surface area contributed by atoms with Gasteiger partial charge in [0, 0.05) is 21.7 Å². The summed E-state index contributed by atoms with van der Waals surface area (Å²) in [7, 11) is 1.83. The quantitative estimate of drug-likeness (QED) is 0.539. The van der Waals surface area contributed by atoms with Gasteiger partial charge in [-0.25, -0.2) is 0 Å². The zero-order valence-electron chi connectivity index (χ0n) is 12.9. The number of β-lactam (4-membered cyclic amide) rings is 1. The molecule has 0 radical (unpaired) electrons. The number of amides is 1. The number of aliphatic hydroxyl groups excluding tert-OH is 1. The van der Waals surface area contributed by atoms with Crippen LogP contribution in [-0.2, 0) is 22.4 Å². The Morgan fingerprint density at radius 3 is 2.87 bits per heavy atom. The maximum absolute atomic E-state index is 12.2. The van der Waals surface area contributed by atoms with Crippen molar-refractivity contribution in [3.8, 4) is 0 Å². The highest BCUT2D eigenvalue weighted by atomic mass is 32.2. The summed E-state index contributed by atoms with van der Waals surface area (Å²) in [5, 5.41) is 25.4. The second-order valence-electron chi connectivity index (χ2n) is 5.81. The minimum atomic E-state index is -1.34. The number of carboxylic acid groups (broad SMARTS) is 1. The summed E-state index contributed by atoms with van der Waals surface area (Å²) in [6, 6.07) is -0.296. The maximum Gasteiger partial charge on any atom is 0.235 e. The van der Waals surface area contributed by atoms with Crippen LogP contribution in [0.1, 0.15) is 18.7 Å². The van der Waals surface area contributed by atoms with E-state index in [2.05, 4.69) is 5.10 Å². The molecular weight excluding hydrogens is 338 g/mol. The Labute approximate surface area is 141 Å². The molecule has 0 unspecified atom stereocenters. The molecule has 3 heterocycles. The van der Waals surface area contributed by atoms with Crippen molar-refractivity contribution in [2.24, 2.45) is 18.9 Å². The van der Waals surface area contributed by atoms with Crippen LogP contribution in [0.15, 0.2) is 16.8 Å². The summed E-state index contributed by atoms with van der Waals surface area (Å²) >= 11 is 2.88. The van der Waals surface area contributed by atoms with Crippen LogP contribution in [0.3, 0.4) is 0 Å². The fourth-order valence-electron chi connectivity index (χ4n) is 3.28. The zero-order valence-corrected chi connectivity index (χ0v) is 14.6. The predicted molar refractivity (Wildman–Crippen MR) is 81.6 cm³/mol. The summed E-state index contributed by atoms with van der Waals surface area (Å²) in [5.41, 5.74) is -0.0386. The SMILES string of the molecule is C[C@@H](O)[C@H]1C(=O)N2C(C(=O)[O-])=C(SCc3cn[n+](C)s3)[C@H](C)[C@@H]12. The molecule has 4 atom stereocenters. The lowest BCUT2D eigenvalue weighted by Gasteiger charge is -2.47. The molecule has 2 aliphatic rings. The Balaban J connectivity index is 1.85. The largest absolute Gasteiger partial charge is 0.543 e. The molecule has 1 saturated heterocycles. The van der Waals surface area contributed by atoms with Crippen molar-refractivity contribution in [3.05, 3.63) is 21.7 Å². The van der Waals surface area contributed by atoms with Crippen LogP contribution in [0.5, 0.6) is 0 Å². The van der Waals surface area contributed by atoms with Crippen LogP contribution in [0.4, 0.5) is 0 Å². The molecule has 1 amide bonds. The van der Waals surface area contributed by atoms with Gasteiger partial charge in [-0.15, -0.1) is 11.8 Å². The molecule has 1 aromatic heterocycles. The molecule has 124 valence electrons. The van der Waals surface area contributed by atoms with E-state index >= 15 is 0 Å². The van der Waals surface area contributed by atoms with Gasteiger partial charge in [-0.05, 0) is 11.0 Å². The van der Waals surface area contributed by atoms with E-state index in [0.29, 0.717) is 10.7 Å². The van der Waals surface area contributed by atoms with Gasteiger partial charge in [-0.2, -0.15) is 0 Å². The van der Waals surface area contributed by atoms with Gasteiger partial charge in [-0.3, -0.25) is 4.79 Å². The number of aliphatic hydroxyl groups is 1. The molecule has 1 fully saturated rings. The zero-order chi connectivity index (χ0) is 16.9. The minimum Gasteiger partial charge on any atom is -0.543 e. The Hall–Kier alpha value is -1.45. The van der Waals surface area contributed by atoms with Crippen LogP contribution in [0.2, 0.25) is 0 Å². The molecule has 3 rings (SSSR count). The van der Waals surface area contributed by atoms with Gasteiger partial charge in [0.2, 0.25) is 5.91 Å². The van der Waals surface area contributed by atoms with E-state index in [-0.39, 0.29) is 23.6 Å². The first-order valence-electron chi connectivity index (χ1n) is 7.24. The Morgan fingerprint density at radius 2 is 2.35 bits per heavy atom. The summed E-state index contributed by atoms with van der Waals surface area (Å²) in [4.78, 5) is 26.7. The number of nitrogens with zero attached hydrogens (tertiary/aromatic N) is 3. The van der Waals surface area contributed by atoms with Gasteiger partial charge >= 0.3 is 0 Å². The topological polar surface area (TPSA) is 97.4 Å². The number of rotatable bonds is 5. The molecule has 1 aromatic rings. The first-order chi connectivity index (χ1) is 10.8. The minimum absolute atomic E-state index is 0.0386. The van der Waals surface area contributed by atoms with Crippen LogP contribution in [0, 0.1) is 11.8 Å². The van der Waals surface area contributed by atoms with E-state index < -0.39 is 18.0 Å². The first kappa shape index (κ1) is 16.4. The lowest BCUT2D eigenvalue weighted by Crippen LogP contribution is -2.64. The van der Waals surface area contributed by atoms with Crippen LogP contribution < -0.4 is 9.18 Å². The second-order valence-corrected chi connectivity index (χ2v) is 8.06. The van der Waals surface area contributed by atoms with E-state index in [4.69, 9.17) is 0 Å². The van der Waals surface area contributed by atoms with E-state index in [9.17, 15) is 19.8 Å². The molecule has 23 heavy (non-hydrogen) atoms. The number of carbonyl (C=O) groups is 2. The molecule has 0 saturated carbocycles. The molecular formula is C14H17N3O4S2.